The van der Waals surface area contributed by atoms with Gasteiger partial charge in [-0.3, -0.25) is 19.1 Å². The number of hydrogen-bond donors (Lipinski definition) is 1. The molecule has 0 spiro atoms. The van der Waals surface area contributed by atoms with E-state index < -0.39 is 5.25 Å². The molecule has 0 bridgehead atoms. The zero-order chi connectivity index (χ0) is 13.4. The van der Waals surface area contributed by atoms with Gasteiger partial charge in [-0.05, 0) is 13.8 Å². The maximum atomic E-state index is 11.8. The summed E-state index contributed by atoms with van der Waals surface area (Å²) in [6, 6.07) is 0.104. The molecule has 1 unspecified atom stereocenters. The fourth-order valence-corrected chi connectivity index (χ4v) is 3.04. The predicted molar refractivity (Wildman–Crippen MR) is 66.9 cm³/mol. The first kappa shape index (κ1) is 12.9. The van der Waals surface area contributed by atoms with Gasteiger partial charge in [0.1, 0.15) is 5.25 Å². The minimum atomic E-state index is -0.427. The van der Waals surface area contributed by atoms with Crippen LogP contribution in [0.3, 0.4) is 0 Å². The lowest BCUT2D eigenvalue weighted by Crippen LogP contribution is -2.26. The highest BCUT2D eigenvalue weighted by Gasteiger charge is 2.37. The topological polar surface area (TPSA) is 94.1 Å². The van der Waals surface area contributed by atoms with Crippen LogP contribution < -0.4 is 5.73 Å². The van der Waals surface area contributed by atoms with E-state index >= 15 is 0 Å². The summed E-state index contributed by atoms with van der Waals surface area (Å²) < 4.78 is 1.75. The highest BCUT2D eigenvalue weighted by molar-refractivity contribution is 8.00. The molecule has 2 heterocycles. The van der Waals surface area contributed by atoms with Gasteiger partial charge in [0.2, 0.25) is 17.8 Å². The summed E-state index contributed by atoms with van der Waals surface area (Å²) >= 11 is 1.24. The zero-order valence-corrected chi connectivity index (χ0v) is 11.3. The van der Waals surface area contributed by atoms with Gasteiger partial charge in [0.05, 0.1) is 0 Å². The monoisotopic (exact) mass is 269 g/mol. The lowest BCUT2D eigenvalue weighted by molar-refractivity contribution is -0.136. The van der Waals surface area contributed by atoms with Crippen LogP contribution in [-0.2, 0) is 9.59 Å². The number of imide groups is 1. The van der Waals surface area contributed by atoms with E-state index in [1.54, 1.807) is 4.57 Å². The molecule has 0 aromatic carbocycles. The molecule has 7 nitrogen and oxygen atoms in total. The Morgan fingerprint density at radius 2 is 2.06 bits per heavy atom. The molecule has 1 aliphatic rings. The molecule has 98 valence electrons. The molecule has 2 amide bonds. The van der Waals surface area contributed by atoms with Crippen LogP contribution in [0.2, 0.25) is 0 Å². The molecule has 2 N–H and O–H groups in total. The number of carbonyl (C=O) groups excluding carboxylic acids is 2. The van der Waals surface area contributed by atoms with Crippen LogP contribution in [0.25, 0.3) is 0 Å². The lowest BCUT2D eigenvalue weighted by atomic mass is 10.4. The Bertz CT molecular complexity index is 498. The van der Waals surface area contributed by atoms with Gasteiger partial charge in [0.15, 0.2) is 5.16 Å². The molecule has 1 atom stereocenters. The molecule has 0 saturated carbocycles. The Labute approximate surface area is 109 Å². The van der Waals surface area contributed by atoms with Crippen molar-refractivity contribution in [3.05, 3.63) is 0 Å². The van der Waals surface area contributed by atoms with Gasteiger partial charge in [-0.25, -0.2) is 0 Å². The number of aromatic nitrogens is 3. The van der Waals surface area contributed by atoms with E-state index in [-0.39, 0.29) is 24.3 Å². The van der Waals surface area contributed by atoms with Gasteiger partial charge >= 0.3 is 0 Å². The number of nitrogen functional groups attached to an aromatic ring is 1. The van der Waals surface area contributed by atoms with E-state index in [4.69, 9.17) is 5.73 Å². The number of likely N-dealkylation sites (tertiary alicyclic amines) is 1. The van der Waals surface area contributed by atoms with E-state index in [9.17, 15) is 9.59 Å². The first-order chi connectivity index (χ1) is 8.41. The van der Waals surface area contributed by atoms with Crippen molar-refractivity contribution in [3.63, 3.8) is 0 Å². The minimum absolute atomic E-state index is 0.104. The Morgan fingerprint density at radius 1 is 1.39 bits per heavy atom. The standard InChI is InChI=1S/C10H15N5O2S/c1-5(2)15-9(11)12-13-10(15)18-6-4-7(16)14(3)8(6)17/h5-6H,4H2,1-3H3,(H2,11,12). The second kappa shape index (κ2) is 4.60. The molecule has 18 heavy (non-hydrogen) atoms. The number of amides is 2. The quantitative estimate of drug-likeness (QED) is 0.793. The summed E-state index contributed by atoms with van der Waals surface area (Å²) in [6.45, 7) is 3.91. The van der Waals surface area contributed by atoms with Crippen LogP contribution in [0.1, 0.15) is 26.3 Å². The number of carbonyl (C=O) groups is 2. The molecule has 1 saturated heterocycles. The van der Waals surface area contributed by atoms with Gasteiger partial charge in [-0.2, -0.15) is 0 Å². The first-order valence-electron chi connectivity index (χ1n) is 5.59. The molecule has 8 heteroatoms. The summed E-state index contributed by atoms with van der Waals surface area (Å²) in [5, 5.41) is 7.90. The molecular weight excluding hydrogens is 254 g/mol. The molecule has 2 rings (SSSR count). The second-order valence-electron chi connectivity index (χ2n) is 4.41. The highest BCUT2D eigenvalue weighted by Crippen LogP contribution is 2.31. The summed E-state index contributed by atoms with van der Waals surface area (Å²) in [6.07, 6.45) is 0.199. The van der Waals surface area contributed by atoms with Crippen LogP contribution >= 0.6 is 11.8 Å². The van der Waals surface area contributed by atoms with Crippen LogP contribution in [0.4, 0.5) is 5.95 Å². The van der Waals surface area contributed by atoms with Crippen LogP contribution in [0.15, 0.2) is 5.16 Å². The normalized spacial score (nSPS) is 20.2. The summed E-state index contributed by atoms with van der Waals surface area (Å²) in [5.74, 6) is -0.0411. The van der Waals surface area contributed by atoms with Crippen LogP contribution in [0, 0.1) is 0 Å². The van der Waals surface area contributed by atoms with Crippen molar-refractivity contribution < 1.29 is 9.59 Å². The van der Waals surface area contributed by atoms with Gasteiger partial charge in [-0.15, -0.1) is 10.2 Å². The van der Waals surface area contributed by atoms with E-state index in [0.717, 1.165) is 4.90 Å². The largest absolute Gasteiger partial charge is 0.368 e. The third-order valence-electron chi connectivity index (χ3n) is 2.80. The number of thioether (sulfide) groups is 1. The maximum Gasteiger partial charge on any atom is 0.243 e. The van der Waals surface area contributed by atoms with Gasteiger partial charge in [-0.1, -0.05) is 11.8 Å². The average Bonchev–Trinajstić information content (AvgIpc) is 2.76. The van der Waals surface area contributed by atoms with Crippen molar-refractivity contribution in [2.45, 2.75) is 36.7 Å². The third kappa shape index (κ3) is 2.07. The number of nitrogens with zero attached hydrogens (tertiary/aromatic N) is 4. The smallest absolute Gasteiger partial charge is 0.243 e. The Balaban J connectivity index is 2.21. The van der Waals surface area contributed by atoms with Gasteiger partial charge in [0, 0.05) is 19.5 Å². The number of hydrogen-bond acceptors (Lipinski definition) is 6. The van der Waals surface area contributed by atoms with Crippen molar-refractivity contribution in [1.82, 2.24) is 19.7 Å². The molecule has 1 aromatic heterocycles. The van der Waals surface area contributed by atoms with Crippen molar-refractivity contribution in [1.29, 1.82) is 0 Å². The summed E-state index contributed by atoms with van der Waals surface area (Å²) in [7, 11) is 1.49. The Morgan fingerprint density at radius 3 is 2.56 bits per heavy atom. The fourth-order valence-electron chi connectivity index (χ4n) is 1.80. The molecular formula is C10H15N5O2S. The molecule has 0 aliphatic carbocycles. The van der Waals surface area contributed by atoms with Crippen molar-refractivity contribution >= 4 is 29.5 Å². The third-order valence-corrected chi connectivity index (χ3v) is 3.94. The summed E-state index contributed by atoms with van der Waals surface area (Å²) in [5.41, 5.74) is 5.72. The maximum absolute atomic E-state index is 11.8. The molecule has 1 aliphatic heterocycles. The van der Waals surface area contributed by atoms with Crippen molar-refractivity contribution in [2.75, 3.05) is 12.8 Å². The highest BCUT2D eigenvalue weighted by atomic mass is 32.2. The minimum Gasteiger partial charge on any atom is -0.368 e. The summed E-state index contributed by atoms with van der Waals surface area (Å²) in [4.78, 5) is 24.4. The van der Waals surface area contributed by atoms with E-state index in [0.29, 0.717) is 11.1 Å². The molecule has 0 radical (unpaired) electrons. The van der Waals surface area contributed by atoms with E-state index in [1.165, 1.54) is 18.8 Å². The fraction of sp³-hybridized carbons (Fsp3) is 0.600. The first-order valence-corrected chi connectivity index (χ1v) is 6.47. The lowest BCUT2D eigenvalue weighted by Gasteiger charge is -2.13. The molecule has 1 fully saturated rings. The SMILES string of the molecule is CC(C)n1c(N)nnc1SC1CC(=O)N(C)C1=O. The van der Waals surface area contributed by atoms with Crippen molar-refractivity contribution in [2.24, 2.45) is 0 Å². The van der Waals surface area contributed by atoms with Crippen LogP contribution in [0.5, 0.6) is 0 Å². The Kier molecular flexibility index (Phi) is 3.29. The van der Waals surface area contributed by atoms with Gasteiger partial charge in [0.25, 0.3) is 0 Å². The number of anilines is 1. The van der Waals surface area contributed by atoms with Gasteiger partial charge < -0.3 is 5.73 Å². The Hall–Kier alpha value is -1.57. The molecule has 1 aromatic rings. The second-order valence-corrected chi connectivity index (χ2v) is 5.58. The van der Waals surface area contributed by atoms with E-state index in [2.05, 4.69) is 10.2 Å². The van der Waals surface area contributed by atoms with Crippen LogP contribution in [-0.4, -0.2) is 43.8 Å². The van der Waals surface area contributed by atoms with E-state index in [1.807, 2.05) is 13.8 Å². The zero-order valence-electron chi connectivity index (χ0n) is 10.5. The number of nitrogens with two attached hydrogens (primary N) is 1. The average molecular weight is 269 g/mol. The van der Waals surface area contributed by atoms with Crippen molar-refractivity contribution in [3.8, 4) is 0 Å². The predicted octanol–water partition coefficient (Wildman–Crippen LogP) is 0.291. The number of rotatable bonds is 3.